The molecule has 0 saturated carbocycles. The first-order valence-corrected chi connectivity index (χ1v) is 12.3. The SMILES string of the molecule is C=CC(=O)N1CCCC(Nc2nc(CN3CCOCC3)cc(Nc3nc4cccnc4s3)n2)C1. The zero-order chi connectivity index (χ0) is 23.3. The number of hydrogen-bond acceptors (Lipinski definition) is 10. The number of pyridine rings is 1. The number of thiazole rings is 1. The van der Waals surface area contributed by atoms with Crippen molar-refractivity contribution in [2.45, 2.75) is 25.4 Å². The number of nitrogens with one attached hydrogen (secondary N) is 2. The molecule has 2 saturated heterocycles. The lowest BCUT2D eigenvalue weighted by Crippen LogP contribution is -2.44. The minimum absolute atomic E-state index is 0.0414. The van der Waals surface area contributed by atoms with Gasteiger partial charge in [-0.3, -0.25) is 9.69 Å². The van der Waals surface area contributed by atoms with Gasteiger partial charge in [0.15, 0.2) is 5.13 Å². The highest BCUT2D eigenvalue weighted by molar-refractivity contribution is 7.21. The second-order valence-electron chi connectivity index (χ2n) is 8.40. The Bertz CT molecular complexity index is 1130. The quantitative estimate of drug-likeness (QED) is 0.493. The number of aromatic nitrogens is 4. The summed E-state index contributed by atoms with van der Waals surface area (Å²) < 4.78 is 5.48. The standard InChI is InChI=1S/C23H28N8O2S/c1-2-20(32)31-8-4-5-16(15-31)25-22-26-17(14-30-9-11-33-12-10-30)13-19(28-22)29-23-27-18-6-3-7-24-21(18)34-23/h2-3,6-7,13,16H,1,4-5,8-12,14-15H2,(H2,25,26,27,28,29). The van der Waals surface area contributed by atoms with E-state index < -0.39 is 0 Å². The summed E-state index contributed by atoms with van der Waals surface area (Å²) in [4.78, 5) is 35.6. The Morgan fingerprint density at radius 3 is 2.97 bits per heavy atom. The van der Waals surface area contributed by atoms with Gasteiger partial charge >= 0.3 is 0 Å². The van der Waals surface area contributed by atoms with Crippen LogP contribution in [0.25, 0.3) is 10.3 Å². The van der Waals surface area contributed by atoms with Gasteiger partial charge < -0.3 is 20.3 Å². The topological polar surface area (TPSA) is 108 Å². The molecule has 34 heavy (non-hydrogen) atoms. The zero-order valence-electron chi connectivity index (χ0n) is 18.9. The van der Waals surface area contributed by atoms with E-state index in [1.807, 2.05) is 23.1 Å². The van der Waals surface area contributed by atoms with Gasteiger partial charge in [-0.25, -0.2) is 15.0 Å². The lowest BCUT2D eigenvalue weighted by Gasteiger charge is -2.32. The predicted molar refractivity (Wildman–Crippen MR) is 132 cm³/mol. The number of carbonyl (C=O) groups excluding carboxylic acids is 1. The van der Waals surface area contributed by atoms with Crippen molar-refractivity contribution in [1.29, 1.82) is 0 Å². The number of anilines is 3. The van der Waals surface area contributed by atoms with Crippen molar-refractivity contribution in [3.63, 3.8) is 0 Å². The highest BCUT2D eigenvalue weighted by Crippen LogP contribution is 2.27. The van der Waals surface area contributed by atoms with E-state index in [-0.39, 0.29) is 11.9 Å². The van der Waals surface area contributed by atoms with Gasteiger partial charge in [-0.15, -0.1) is 0 Å². The van der Waals surface area contributed by atoms with E-state index in [4.69, 9.17) is 14.7 Å². The minimum atomic E-state index is -0.0414. The van der Waals surface area contributed by atoms with Gasteiger partial charge in [0.05, 0.1) is 18.9 Å². The van der Waals surface area contributed by atoms with Crippen LogP contribution in [0.1, 0.15) is 18.5 Å². The molecule has 5 heterocycles. The van der Waals surface area contributed by atoms with E-state index in [0.29, 0.717) is 24.9 Å². The Labute approximate surface area is 202 Å². The average Bonchev–Trinajstić information content (AvgIpc) is 3.26. The lowest BCUT2D eigenvalue weighted by atomic mass is 10.1. The molecule has 0 radical (unpaired) electrons. The predicted octanol–water partition coefficient (Wildman–Crippen LogP) is 2.65. The minimum Gasteiger partial charge on any atom is -0.379 e. The van der Waals surface area contributed by atoms with E-state index in [9.17, 15) is 4.79 Å². The zero-order valence-corrected chi connectivity index (χ0v) is 19.8. The highest BCUT2D eigenvalue weighted by atomic mass is 32.1. The summed E-state index contributed by atoms with van der Waals surface area (Å²) in [5.41, 5.74) is 1.76. The van der Waals surface area contributed by atoms with Crippen LogP contribution in [-0.2, 0) is 16.1 Å². The number of morpholine rings is 1. The summed E-state index contributed by atoms with van der Waals surface area (Å²) in [5, 5.41) is 7.53. The molecule has 10 nitrogen and oxygen atoms in total. The largest absolute Gasteiger partial charge is 0.379 e. The van der Waals surface area contributed by atoms with Crippen molar-refractivity contribution in [3.05, 3.63) is 42.7 Å². The maximum Gasteiger partial charge on any atom is 0.246 e. The van der Waals surface area contributed by atoms with E-state index in [1.54, 1.807) is 6.20 Å². The molecule has 2 aliphatic rings. The number of carbonyl (C=O) groups is 1. The second-order valence-corrected chi connectivity index (χ2v) is 9.38. The first kappa shape index (κ1) is 22.6. The molecule has 2 fully saturated rings. The average molecular weight is 481 g/mol. The van der Waals surface area contributed by atoms with Crippen molar-refractivity contribution < 1.29 is 9.53 Å². The Morgan fingerprint density at radius 1 is 1.26 bits per heavy atom. The molecule has 0 aliphatic carbocycles. The highest BCUT2D eigenvalue weighted by Gasteiger charge is 2.23. The summed E-state index contributed by atoms with van der Waals surface area (Å²) in [6.45, 7) is 8.89. The molecule has 2 aliphatic heterocycles. The smallest absolute Gasteiger partial charge is 0.246 e. The molecule has 0 bridgehead atoms. The summed E-state index contributed by atoms with van der Waals surface area (Å²) in [5.74, 6) is 1.18. The molecule has 178 valence electrons. The second kappa shape index (κ2) is 10.4. The van der Waals surface area contributed by atoms with Crippen LogP contribution in [0.4, 0.5) is 16.9 Å². The lowest BCUT2D eigenvalue weighted by molar-refractivity contribution is -0.127. The number of piperidine rings is 1. The van der Waals surface area contributed by atoms with Gasteiger partial charge in [-0.2, -0.15) is 4.98 Å². The van der Waals surface area contributed by atoms with Crippen molar-refractivity contribution in [1.82, 2.24) is 29.7 Å². The molecule has 3 aromatic heterocycles. The Balaban J connectivity index is 1.37. The number of hydrogen-bond donors (Lipinski definition) is 2. The number of ether oxygens (including phenoxy) is 1. The first-order valence-electron chi connectivity index (χ1n) is 11.5. The fourth-order valence-electron chi connectivity index (χ4n) is 4.24. The molecule has 0 spiro atoms. The van der Waals surface area contributed by atoms with Crippen molar-refractivity contribution in [2.75, 3.05) is 50.0 Å². The molecular formula is C23H28N8O2S. The molecule has 3 aromatic rings. The van der Waals surface area contributed by atoms with Gasteiger partial charge in [0.25, 0.3) is 0 Å². The summed E-state index contributed by atoms with van der Waals surface area (Å²) in [7, 11) is 0. The number of rotatable bonds is 7. The summed E-state index contributed by atoms with van der Waals surface area (Å²) in [6, 6.07) is 5.87. The van der Waals surface area contributed by atoms with Gasteiger partial charge in [-0.1, -0.05) is 17.9 Å². The third-order valence-corrected chi connectivity index (χ3v) is 6.81. The molecule has 5 rings (SSSR count). The molecule has 11 heteroatoms. The third kappa shape index (κ3) is 5.49. The number of likely N-dealkylation sites (tertiary alicyclic amines) is 1. The van der Waals surface area contributed by atoms with Gasteiger partial charge in [0, 0.05) is 51.0 Å². The van der Waals surface area contributed by atoms with E-state index in [2.05, 4.69) is 32.1 Å². The Kier molecular flexibility index (Phi) is 6.93. The first-order chi connectivity index (χ1) is 16.7. The van der Waals surface area contributed by atoms with Crippen molar-refractivity contribution >= 4 is 44.5 Å². The maximum absolute atomic E-state index is 12.1. The van der Waals surface area contributed by atoms with E-state index in [0.717, 1.165) is 66.9 Å². The molecule has 1 amide bonds. The van der Waals surface area contributed by atoms with Crippen LogP contribution >= 0.6 is 11.3 Å². The molecular weight excluding hydrogens is 452 g/mol. The number of nitrogens with zero attached hydrogens (tertiary/aromatic N) is 6. The van der Waals surface area contributed by atoms with Crippen LogP contribution in [0, 0.1) is 0 Å². The van der Waals surface area contributed by atoms with Crippen LogP contribution in [0.5, 0.6) is 0 Å². The van der Waals surface area contributed by atoms with Gasteiger partial charge in [-0.05, 0) is 31.1 Å². The fourth-order valence-corrected chi connectivity index (χ4v) is 5.05. The fraction of sp³-hybridized carbons (Fsp3) is 0.435. The molecule has 2 N–H and O–H groups in total. The van der Waals surface area contributed by atoms with Crippen LogP contribution in [-0.4, -0.2) is 81.1 Å². The van der Waals surface area contributed by atoms with Crippen LogP contribution in [0.2, 0.25) is 0 Å². The van der Waals surface area contributed by atoms with Crippen LogP contribution < -0.4 is 10.6 Å². The number of amides is 1. The van der Waals surface area contributed by atoms with Gasteiger partial charge in [0.1, 0.15) is 16.2 Å². The Hall–Kier alpha value is -3.15. The molecule has 1 atom stereocenters. The Morgan fingerprint density at radius 2 is 2.15 bits per heavy atom. The van der Waals surface area contributed by atoms with Crippen molar-refractivity contribution in [3.8, 4) is 0 Å². The van der Waals surface area contributed by atoms with Crippen LogP contribution in [0.15, 0.2) is 37.1 Å². The monoisotopic (exact) mass is 480 g/mol. The number of fused-ring (bicyclic) bond motifs is 1. The summed E-state index contributed by atoms with van der Waals surface area (Å²) >= 11 is 1.49. The third-order valence-electron chi connectivity index (χ3n) is 5.91. The summed E-state index contributed by atoms with van der Waals surface area (Å²) in [6.07, 6.45) is 5.01. The normalized spacial score (nSPS) is 19.2. The van der Waals surface area contributed by atoms with E-state index in [1.165, 1.54) is 17.4 Å². The van der Waals surface area contributed by atoms with Crippen molar-refractivity contribution in [2.24, 2.45) is 0 Å². The van der Waals surface area contributed by atoms with E-state index >= 15 is 0 Å². The molecule has 1 unspecified atom stereocenters. The molecule has 0 aromatic carbocycles. The van der Waals surface area contributed by atoms with Gasteiger partial charge in [0.2, 0.25) is 11.9 Å². The maximum atomic E-state index is 12.1. The van der Waals surface area contributed by atoms with Crippen LogP contribution in [0.3, 0.4) is 0 Å².